The highest BCUT2D eigenvalue weighted by atomic mass is 35.5. The first-order valence-electron chi connectivity index (χ1n) is 9.41. The molecule has 1 amide bonds. The molecule has 0 bridgehead atoms. The Kier molecular flexibility index (Phi) is 5.60. The van der Waals surface area contributed by atoms with Crippen LogP contribution in [-0.2, 0) is 21.5 Å². The van der Waals surface area contributed by atoms with E-state index in [4.69, 9.17) is 20.9 Å². The first-order chi connectivity index (χ1) is 14.1. The topological polar surface area (TPSA) is 81.4 Å². The van der Waals surface area contributed by atoms with Crippen LogP contribution in [0.1, 0.15) is 24.3 Å². The molecule has 1 aliphatic rings. The highest BCUT2D eigenvalue weighted by molar-refractivity contribution is 6.31. The third-order valence-electron chi connectivity index (χ3n) is 5.25. The summed E-state index contributed by atoms with van der Waals surface area (Å²) in [5.41, 5.74) is 0.870. The van der Waals surface area contributed by atoms with E-state index in [9.17, 15) is 4.79 Å². The van der Waals surface area contributed by atoms with Crippen molar-refractivity contribution >= 4 is 17.5 Å². The average Bonchev–Trinajstić information content (AvgIpc) is 3.23. The highest BCUT2D eigenvalue weighted by Crippen LogP contribution is 2.40. The molecule has 0 atom stereocenters. The van der Waals surface area contributed by atoms with E-state index in [1.807, 2.05) is 30.3 Å². The van der Waals surface area contributed by atoms with E-state index in [0.717, 1.165) is 11.1 Å². The van der Waals surface area contributed by atoms with E-state index in [1.165, 1.54) is 0 Å². The van der Waals surface area contributed by atoms with Gasteiger partial charge < -0.3 is 14.2 Å². The molecular formula is C21H21ClN4O3. The van der Waals surface area contributed by atoms with Gasteiger partial charge in [0.05, 0.1) is 12.0 Å². The molecule has 0 N–H and O–H groups in total. The molecule has 0 aliphatic carbocycles. The van der Waals surface area contributed by atoms with Crippen molar-refractivity contribution in [2.24, 2.45) is 0 Å². The van der Waals surface area contributed by atoms with Gasteiger partial charge in [0, 0.05) is 43.2 Å². The molecule has 3 heterocycles. The SMILES string of the molecule is CN(Cc1nc(-c2cccnc2)no1)C(=O)C1(c2ccccc2Cl)CCOCC1. The van der Waals surface area contributed by atoms with Gasteiger partial charge in [-0.2, -0.15) is 4.98 Å². The van der Waals surface area contributed by atoms with Gasteiger partial charge in [0.1, 0.15) is 0 Å². The Balaban J connectivity index is 1.57. The number of aromatic nitrogens is 3. The van der Waals surface area contributed by atoms with Crippen LogP contribution in [0.3, 0.4) is 0 Å². The van der Waals surface area contributed by atoms with E-state index in [1.54, 1.807) is 30.4 Å². The highest BCUT2D eigenvalue weighted by Gasteiger charge is 2.44. The Morgan fingerprint density at radius 3 is 2.72 bits per heavy atom. The van der Waals surface area contributed by atoms with Gasteiger partial charge in [-0.15, -0.1) is 0 Å². The molecule has 1 aromatic carbocycles. The molecule has 29 heavy (non-hydrogen) atoms. The summed E-state index contributed by atoms with van der Waals surface area (Å²) in [5, 5.41) is 4.59. The second kappa shape index (κ2) is 8.31. The fraction of sp³-hybridized carbons (Fsp3) is 0.333. The summed E-state index contributed by atoms with van der Waals surface area (Å²) in [5.74, 6) is 0.775. The lowest BCUT2D eigenvalue weighted by atomic mass is 9.73. The van der Waals surface area contributed by atoms with Gasteiger partial charge in [-0.25, -0.2) is 0 Å². The van der Waals surface area contributed by atoms with E-state index in [-0.39, 0.29) is 12.5 Å². The molecule has 0 unspecified atom stereocenters. The van der Waals surface area contributed by atoms with Gasteiger partial charge >= 0.3 is 0 Å². The molecular weight excluding hydrogens is 392 g/mol. The molecule has 1 saturated heterocycles. The van der Waals surface area contributed by atoms with Crippen LogP contribution < -0.4 is 0 Å². The molecule has 1 fully saturated rings. The van der Waals surface area contributed by atoms with E-state index < -0.39 is 5.41 Å². The number of pyridine rings is 1. The first kappa shape index (κ1) is 19.5. The summed E-state index contributed by atoms with van der Waals surface area (Å²) in [6, 6.07) is 11.2. The molecule has 4 rings (SSSR count). The van der Waals surface area contributed by atoms with Gasteiger partial charge in [-0.3, -0.25) is 9.78 Å². The monoisotopic (exact) mass is 412 g/mol. The number of hydrogen-bond acceptors (Lipinski definition) is 6. The summed E-state index contributed by atoms with van der Waals surface area (Å²) in [6.45, 7) is 1.23. The first-order valence-corrected chi connectivity index (χ1v) is 9.79. The maximum Gasteiger partial charge on any atom is 0.246 e. The molecule has 1 aliphatic heterocycles. The average molecular weight is 413 g/mol. The number of amides is 1. The predicted octanol–water partition coefficient (Wildman–Crippen LogP) is 3.49. The van der Waals surface area contributed by atoms with Crippen molar-refractivity contribution in [2.75, 3.05) is 20.3 Å². The number of rotatable bonds is 5. The summed E-state index contributed by atoms with van der Waals surface area (Å²) in [6.07, 6.45) is 4.49. The van der Waals surface area contributed by atoms with Crippen LogP contribution in [0, 0.1) is 0 Å². The minimum Gasteiger partial charge on any atom is -0.381 e. The van der Waals surface area contributed by atoms with Crippen LogP contribution in [0.15, 0.2) is 53.3 Å². The standard InChI is InChI=1S/C21H21ClN4O3/c1-26(14-18-24-19(25-29-18)15-5-4-10-23-13-15)20(27)21(8-11-28-12-9-21)16-6-2-3-7-17(16)22/h2-7,10,13H,8-9,11-12,14H2,1H3. The number of nitrogens with zero attached hydrogens (tertiary/aromatic N) is 4. The lowest BCUT2D eigenvalue weighted by molar-refractivity contribution is -0.140. The number of ether oxygens (including phenoxy) is 1. The molecule has 0 spiro atoms. The zero-order chi connectivity index (χ0) is 20.3. The minimum absolute atomic E-state index is 0.0324. The lowest BCUT2D eigenvalue weighted by Gasteiger charge is -2.39. The fourth-order valence-corrected chi connectivity index (χ4v) is 4.06. The lowest BCUT2D eigenvalue weighted by Crippen LogP contribution is -2.48. The van der Waals surface area contributed by atoms with Crippen molar-refractivity contribution in [3.05, 3.63) is 65.3 Å². The zero-order valence-corrected chi connectivity index (χ0v) is 16.8. The molecule has 0 saturated carbocycles. The zero-order valence-electron chi connectivity index (χ0n) is 16.0. The summed E-state index contributed by atoms with van der Waals surface area (Å²) >= 11 is 6.47. The van der Waals surface area contributed by atoms with Crippen LogP contribution >= 0.6 is 11.6 Å². The molecule has 7 nitrogen and oxygen atoms in total. The Bertz CT molecular complexity index is 986. The minimum atomic E-state index is -0.725. The van der Waals surface area contributed by atoms with Crippen LogP contribution in [0.25, 0.3) is 11.4 Å². The molecule has 0 radical (unpaired) electrons. The maximum absolute atomic E-state index is 13.6. The maximum atomic E-state index is 13.6. The van der Waals surface area contributed by atoms with Crippen molar-refractivity contribution in [1.29, 1.82) is 0 Å². The largest absolute Gasteiger partial charge is 0.381 e. The second-order valence-electron chi connectivity index (χ2n) is 7.09. The van der Waals surface area contributed by atoms with E-state index in [2.05, 4.69) is 15.1 Å². The molecule has 2 aromatic heterocycles. The van der Waals surface area contributed by atoms with E-state index >= 15 is 0 Å². The third-order valence-corrected chi connectivity index (χ3v) is 5.58. The number of benzene rings is 1. The van der Waals surface area contributed by atoms with Crippen molar-refractivity contribution < 1.29 is 14.1 Å². The van der Waals surface area contributed by atoms with Gasteiger partial charge in [-0.05, 0) is 36.6 Å². The number of carbonyl (C=O) groups excluding carboxylic acids is 1. The van der Waals surface area contributed by atoms with Crippen molar-refractivity contribution in [3.63, 3.8) is 0 Å². The summed E-state index contributed by atoms with van der Waals surface area (Å²) in [4.78, 5) is 23.6. The quantitative estimate of drug-likeness (QED) is 0.638. The third kappa shape index (κ3) is 3.88. The second-order valence-corrected chi connectivity index (χ2v) is 7.50. The smallest absolute Gasteiger partial charge is 0.246 e. The summed E-state index contributed by atoms with van der Waals surface area (Å²) < 4.78 is 10.9. The summed E-state index contributed by atoms with van der Waals surface area (Å²) in [7, 11) is 1.74. The molecule has 150 valence electrons. The van der Waals surface area contributed by atoms with Gasteiger partial charge in [0.15, 0.2) is 0 Å². The Labute approximate surface area is 173 Å². The number of hydrogen-bond donors (Lipinski definition) is 0. The predicted molar refractivity (Wildman–Crippen MR) is 107 cm³/mol. The number of halogens is 1. The van der Waals surface area contributed by atoms with Crippen LogP contribution in [0.2, 0.25) is 5.02 Å². The number of likely N-dealkylation sites (N-methyl/N-ethyl adjacent to an activating group) is 1. The van der Waals surface area contributed by atoms with E-state index in [0.29, 0.717) is 42.8 Å². The van der Waals surface area contributed by atoms with Gasteiger partial charge in [0.2, 0.25) is 17.6 Å². The van der Waals surface area contributed by atoms with Crippen LogP contribution in [0.5, 0.6) is 0 Å². The van der Waals surface area contributed by atoms with Crippen molar-refractivity contribution in [3.8, 4) is 11.4 Å². The Morgan fingerprint density at radius 1 is 1.21 bits per heavy atom. The fourth-order valence-electron chi connectivity index (χ4n) is 3.74. The normalized spacial score (nSPS) is 15.8. The Hall–Kier alpha value is -2.77. The van der Waals surface area contributed by atoms with Crippen LogP contribution in [-0.4, -0.2) is 46.2 Å². The molecule has 8 heteroatoms. The molecule has 3 aromatic rings. The van der Waals surface area contributed by atoms with Crippen LogP contribution in [0.4, 0.5) is 0 Å². The van der Waals surface area contributed by atoms with Crippen molar-refractivity contribution in [2.45, 2.75) is 24.8 Å². The number of carbonyl (C=O) groups is 1. The van der Waals surface area contributed by atoms with Gasteiger partial charge in [-0.1, -0.05) is 35.0 Å². The Morgan fingerprint density at radius 2 is 2.00 bits per heavy atom. The van der Waals surface area contributed by atoms with Gasteiger partial charge in [0.25, 0.3) is 0 Å². The van der Waals surface area contributed by atoms with Crippen molar-refractivity contribution in [1.82, 2.24) is 20.0 Å².